The molecule has 0 aliphatic carbocycles. The maximum absolute atomic E-state index is 12.3. The summed E-state index contributed by atoms with van der Waals surface area (Å²) in [5.74, 6) is -0.401. The Morgan fingerprint density at radius 3 is 2.67 bits per heavy atom. The molecule has 0 radical (unpaired) electrons. The second kappa shape index (κ2) is 8.60. The lowest BCUT2D eigenvalue weighted by molar-refractivity contribution is 0.0519. The molecular weight excluding hydrogens is 376 g/mol. The third-order valence-corrected chi connectivity index (χ3v) is 5.76. The number of nitrogens with zero attached hydrogens (tertiary/aromatic N) is 4. The molecule has 0 N–H and O–H groups in total. The zero-order valence-electron chi connectivity index (χ0n) is 17.0. The zero-order chi connectivity index (χ0) is 21.0. The average Bonchev–Trinajstić information content (AvgIpc) is 2.80. The quantitative estimate of drug-likeness (QED) is 0.605. The van der Waals surface area contributed by atoms with Gasteiger partial charge in [-0.1, -0.05) is 24.3 Å². The van der Waals surface area contributed by atoms with Crippen LogP contribution >= 0.6 is 0 Å². The highest BCUT2D eigenvalue weighted by atomic mass is 16.5. The van der Waals surface area contributed by atoms with Crippen molar-refractivity contribution in [2.24, 2.45) is 0 Å². The largest absolute Gasteiger partial charge is 0.461 e. The molecule has 30 heavy (non-hydrogen) atoms. The van der Waals surface area contributed by atoms with Gasteiger partial charge in [0.25, 0.3) is 0 Å². The van der Waals surface area contributed by atoms with Crippen LogP contribution in [0.5, 0.6) is 0 Å². The number of para-hydroxylation sites is 1. The first-order valence-corrected chi connectivity index (χ1v) is 10.3. The number of esters is 1. The molecule has 4 rings (SSSR count). The van der Waals surface area contributed by atoms with Crippen LogP contribution in [0.1, 0.15) is 41.5 Å². The van der Waals surface area contributed by atoms with Crippen molar-refractivity contribution in [1.82, 2.24) is 14.9 Å². The van der Waals surface area contributed by atoms with Gasteiger partial charge in [-0.15, -0.1) is 0 Å². The molecule has 3 heterocycles. The average molecular weight is 400 g/mol. The highest BCUT2D eigenvalue weighted by Crippen LogP contribution is 2.34. The number of aromatic nitrogens is 2. The summed E-state index contributed by atoms with van der Waals surface area (Å²) in [6, 6.07) is 18.0. The molecule has 152 valence electrons. The first-order chi connectivity index (χ1) is 14.6. The summed E-state index contributed by atoms with van der Waals surface area (Å²) in [5, 5.41) is 10.9. The number of carbonyl (C=O) groups excluding carboxylic acids is 1. The van der Waals surface area contributed by atoms with Crippen molar-refractivity contribution < 1.29 is 9.53 Å². The van der Waals surface area contributed by atoms with Gasteiger partial charge in [-0.2, -0.15) is 5.26 Å². The number of benzene rings is 1. The number of hydrogen-bond acceptors (Lipinski definition) is 6. The molecule has 0 unspecified atom stereocenters. The van der Waals surface area contributed by atoms with E-state index in [9.17, 15) is 10.1 Å². The summed E-state index contributed by atoms with van der Waals surface area (Å²) >= 11 is 0. The first-order valence-electron chi connectivity index (χ1n) is 10.3. The van der Waals surface area contributed by atoms with Crippen molar-refractivity contribution in [1.29, 1.82) is 5.26 Å². The normalized spacial score (nSPS) is 16.1. The fourth-order valence-electron chi connectivity index (χ4n) is 4.09. The van der Waals surface area contributed by atoms with Crippen LogP contribution in [0.2, 0.25) is 0 Å². The Morgan fingerprint density at radius 1 is 1.20 bits per heavy atom. The fraction of sp³-hybridized carbons (Fsp3) is 0.333. The van der Waals surface area contributed by atoms with Gasteiger partial charge < -0.3 is 4.74 Å². The molecule has 0 spiro atoms. The SMILES string of the molecule is CCOC(=O)c1cc(CN2CCC(C#N)(c3ccccn3)CC2)c2ccccc2n1. The van der Waals surface area contributed by atoms with E-state index in [1.165, 1.54) is 0 Å². The summed E-state index contributed by atoms with van der Waals surface area (Å²) in [7, 11) is 0. The lowest BCUT2D eigenvalue weighted by atomic mass is 9.76. The molecule has 0 amide bonds. The topological polar surface area (TPSA) is 79.1 Å². The molecule has 1 aliphatic rings. The molecule has 1 aromatic carbocycles. The second-order valence-electron chi connectivity index (χ2n) is 7.59. The zero-order valence-corrected chi connectivity index (χ0v) is 17.0. The van der Waals surface area contributed by atoms with E-state index in [2.05, 4.69) is 20.9 Å². The molecule has 0 saturated carbocycles. The van der Waals surface area contributed by atoms with Gasteiger partial charge in [0, 0.05) is 31.2 Å². The molecule has 2 aromatic heterocycles. The van der Waals surface area contributed by atoms with E-state index >= 15 is 0 Å². The van der Waals surface area contributed by atoms with Crippen LogP contribution in [0.15, 0.2) is 54.7 Å². The van der Waals surface area contributed by atoms with Gasteiger partial charge in [-0.25, -0.2) is 9.78 Å². The van der Waals surface area contributed by atoms with Crippen LogP contribution in [0, 0.1) is 11.3 Å². The number of pyridine rings is 2. The van der Waals surface area contributed by atoms with Gasteiger partial charge in [-0.05, 0) is 49.6 Å². The Bertz CT molecular complexity index is 1080. The number of nitriles is 1. The summed E-state index contributed by atoms with van der Waals surface area (Å²) in [6.07, 6.45) is 3.21. The number of ether oxygens (including phenoxy) is 1. The minimum Gasteiger partial charge on any atom is -0.461 e. The summed E-state index contributed by atoms with van der Waals surface area (Å²) in [5.41, 5.74) is 2.49. The van der Waals surface area contributed by atoms with Gasteiger partial charge >= 0.3 is 5.97 Å². The lowest BCUT2D eigenvalue weighted by Crippen LogP contribution is -2.42. The van der Waals surface area contributed by atoms with Gasteiger partial charge in [0.05, 0.1) is 23.9 Å². The number of likely N-dealkylation sites (tertiary alicyclic amines) is 1. The van der Waals surface area contributed by atoms with Crippen LogP contribution in [0.4, 0.5) is 0 Å². The lowest BCUT2D eigenvalue weighted by Gasteiger charge is -2.37. The molecule has 1 fully saturated rings. The summed E-state index contributed by atoms with van der Waals surface area (Å²) in [6.45, 7) is 4.37. The van der Waals surface area contributed by atoms with E-state index in [4.69, 9.17) is 4.74 Å². The summed E-state index contributed by atoms with van der Waals surface area (Å²) < 4.78 is 5.15. The molecule has 6 nitrogen and oxygen atoms in total. The van der Waals surface area contributed by atoms with Gasteiger partial charge in [0.1, 0.15) is 11.1 Å². The third-order valence-electron chi connectivity index (χ3n) is 5.76. The van der Waals surface area contributed by atoms with Crippen LogP contribution in [0.3, 0.4) is 0 Å². The third kappa shape index (κ3) is 3.89. The Kier molecular flexibility index (Phi) is 5.73. The highest BCUT2D eigenvalue weighted by molar-refractivity contribution is 5.92. The number of carbonyl (C=O) groups is 1. The monoisotopic (exact) mass is 400 g/mol. The Morgan fingerprint density at radius 2 is 1.97 bits per heavy atom. The molecule has 0 atom stereocenters. The molecule has 0 bridgehead atoms. The predicted octanol–water partition coefficient (Wildman–Crippen LogP) is 3.86. The second-order valence-corrected chi connectivity index (χ2v) is 7.59. The van der Waals surface area contributed by atoms with Crippen molar-refractivity contribution in [2.75, 3.05) is 19.7 Å². The van der Waals surface area contributed by atoms with Gasteiger partial charge in [-0.3, -0.25) is 9.88 Å². The first kappa shape index (κ1) is 20.0. The van der Waals surface area contributed by atoms with Crippen LogP contribution < -0.4 is 0 Å². The van der Waals surface area contributed by atoms with Crippen molar-refractivity contribution in [3.8, 4) is 6.07 Å². The smallest absolute Gasteiger partial charge is 0.356 e. The molecular formula is C24H24N4O2. The Balaban J connectivity index is 1.57. The number of fused-ring (bicyclic) bond motifs is 1. The minimum atomic E-state index is -0.534. The molecule has 1 saturated heterocycles. The number of rotatable bonds is 5. The predicted molar refractivity (Wildman–Crippen MR) is 114 cm³/mol. The fourth-order valence-corrected chi connectivity index (χ4v) is 4.09. The van der Waals surface area contributed by atoms with Crippen LogP contribution in [-0.2, 0) is 16.7 Å². The van der Waals surface area contributed by atoms with E-state index in [0.29, 0.717) is 18.8 Å². The van der Waals surface area contributed by atoms with Crippen molar-refractivity contribution in [2.45, 2.75) is 31.7 Å². The standard InChI is InChI=1S/C24H24N4O2/c1-2-30-23(29)21-15-18(19-7-3-4-8-20(19)27-21)16-28-13-10-24(17-25,11-14-28)22-9-5-6-12-26-22/h3-9,12,15H,2,10-11,13-14,16H2,1H3. The van der Waals surface area contributed by atoms with Crippen LogP contribution in [-0.4, -0.2) is 40.5 Å². The van der Waals surface area contributed by atoms with Crippen molar-refractivity contribution in [3.05, 3.63) is 71.7 Å². The van der Waals surface area contributed by atoms with E-state index in [-0.39, 0.29) is 0 Å². The van der Waals surface area contributed by atoms with Gasteiger partial charge in [0.2, 0.25) is 0 Å². The highest BCUT2D eigenvalue weighted by Gasteiger charge is 2.37. The maximum Gasteiger partial charge on any atom is 0.356 e. The van der Waals surface area contributed by atoms with Crippen LogP contribution in [0.25, 0.3) is 10.9 Å². The van der Waals surface area contributed by atoms with Crippen molar-refractivity contribution in [3.63, 3.8) is 0 Å². The minimum absolute atomic E-state index is 0.318. The maximum atomic E-state index is 12.3. The Labute approximate surface area is 176 Å². The molecule has 3 aromatic rings. The number of piperidine rings is 1. The van der Waals surface area contributed by atoms with Crippen molar-refractivity contribution >= 4 is 16.9 Å². The van der Waals surface area contributed by atoms with Gasteiger partial charge in [0.15, 0.2) is 0 Å². The Hall–Kier alpha value is -3.30. The van der Waals surface area contributed by atoms with E-state index in [1.807, 2.05) is 48.5 Å². The number of hydrogen-bond donors (Lipinski definition) is 0. The summed E-state index contributed by atoms with van der Waals surface area (Å²) in [4.78, 5) is 23.5. The van der Waals surface area contributed by atoms with E-state index < -0.39 is 11.4 Å². The molecule has 6 heteroatoms. The van der Waals surface area contributed by atoms with E-state index in [0.717, 1.165) is 48.1 Å². The van der Waals surface area contributed by atoms with E-state index in [1.54, 1.807) is 13.1 Å². The molecule has 1 aliphatic heterocycles.